The fraction of sp³-hybridized carbons (Fsp3) is 0.533. The number of morpholine rings is 1. The summed E-state index contributed by atoms with van der Waals surface area (Å²) >= 11 is 12.3. The number of anilines is 1. The molecule has 2 aliphatic rings. The summed E-state index contributed by atoms with van der Waals surface area (Å²) in [4.78, 5) is 18.4. The second-order valence-corrected chi connectivity index (χ2v) is 6.21. The molecule has 5 nitrogen and oxygen atoms in total. The minimum absolute atomic E-state index is 0.111. The van der Waals surface area contributed by atoms with Crippen LogP contribution >= 0.6 is 23.2 Å². The Bertz CT molecular complexity index is 542. The van der Waals surface area contributed by atoms with Crippen LogP contribution in [0.5, 0.6) is 0 Å². The van der Waals surface area contributed by atoms with Gasteiger partial charge in [0.15, 0.2) is 0 Å². The largest absolute Gasteiger partial charge is 0.378 e. The van der Waals surface area contributed by atoms with E-state index in [4.69, 9.17) is 27.9 Å². The molecule has 2 aliphatic heterocycles. The lowest BCUT2D eigenvalue weighted by Gasteiger charge is -2.39. The number of carbonyl (C=O) groups excluding carboxylic acids is 1. The van der Waals surface area contributed by atoms with Crippen molar-refractivity contribution in [3.8, 4) is 0 Å². The molecule has 3 rings (SSSR count). The molecule has 7 heteroatoms. The predicted octanol–water partition coefficient (Wildman–Crippen LogP) is 2.57. The molecule has 0 spiro atoms. The summed E-state index contributed by atoms with van der Waals surface area (Å²) in [6.07, 6.45) is 0. The quantitative estimate of drug-likeness (QED) is 0.786. The molecule has 0 unspecified atom stereocenters. The molecular weight excluding hydrogens is 325 g/mol. The molecule has 2 heterocycles. The molecule has 0 aliphatic carbocycles. The number of piperazine rings is 1. The number of ether oxygens (including phenoxy) is 1. The number of nitrogens with zero attached hydrogens (tertiary/aromatic N) is 3. The van der Waals surface area contributed by atoms with Crippen LogP contribution in [0.2, 0.25) is 10.0 Å². The van der Waals surface area contributed by atoms with Gasteiger partial charge in [-0.1, -0.05) is 29.3 Å². The first-order valence-corrected chi connectivity index (χ1v) is 8.23. The summed E-state index contributed by atoms with van der Waals surface area (Å²) in [5, 5.41) is 1.14. The van der Waals surface area contributed by atoms with Gasteiger partial charge in [0.2, 0.25) is 0 Å². The zero-order valence-corrected chi connectivity index (χ0v) is 13.8. The van der Waals surface area contributed by atoms with E-state index in [2.05, 4.69) is 4.90 Å². The molecule has 0 N–H and O–H groups in total. The lowest BCUT2D eigenvalue weighted by Crippen LogP contribution is -2.54. The van der Waals surface area contributed by atoms with Crippen molar-refractivity contribution in [1.82, 2.24) is 9.80 Å². The number of hydrogen-bond acceptors (Lipinski definition) is 3. The fourth-order valence-corrected chi connectivity index (χ4v) is 3.24. The monoisotopic (exact) mass is 343 g/mol. The highest BCUT2D eigenvalue weighted by atomic mass is 35.5. The Hall–Kier alpha value is -1.17. The Morgan fingerprint density at radius 1 is 0.955 bits per heavy atom. The molecule has 0 bridgehead atoms. The molecule has 2 amide bonds. The molecular formula is C15H19Cl2N3O2. The number of urea groups is 1. The maximum atomic E-state index is 12.4. The topological polar surface area (TPSA) is 36.0 Å². The number of benzene rings is 1. The van der Waals surface area contributed by atoms with Crippen molar-refractivity contribution in [3.05, 3.63) is 28.2 Å². The van der Waals surface area contributed by atoms with Crippen molar-refractivity contribution in [2.45, 2.75) is 0 Å². The third kappa shape index (κ3) is 3.26. The van der Waals surface area contributed by atoms with Crippen LogP contribution in [-0.2, 0) is 4.74 Å². The lowest BCUT2D eigenvalue weighted by molar-refractivity contribution is 0.0428. The molecule has 1 aromatic rings. The van der Waals surface area contributed by atoms with E-state index in [0.717, 1.165) is 18.8 Å². The summed E-state index contributed by atoms with van der Waals surface area (Å²) < 4.78 is 5.29. The summed E-state index contributed by atoms with van der Waals surface area (Å²) in [6.45, 7) is 5.52. The Labute approximate surface area is 140 Å². The minimum Gasteiger partial charge on any atom is -0.378 e. The van der Waals surface area contributed by atoms with Gasteiger partial charge in [0.1, 0.15) is 0 Å². The minimum atomic E-state index is 0.111. The van der Waals surface area contributed by atoms with Gasteiger partial charge < -0.3 is 19.4 Å². The molecule has 2 saturated heterocycles. The van der Waals surface area contributed by atoms with Crippen molar-refractivity contribution in [1.29, 1.82) is 0 Å². The van der Waals surface area contributed by atoms with Gasteiger partial charge in [0.25, 0.3) is 0 Å². The van der Waals surface area contributed by atoms with Gasteiger partial charge in [-0.2, -0.15) is 0 Å². The van der Waals surface area contributed by atoms with Crippen LogP contribution < -0.4 is 4.90 Å². The van der Waals surface area contributed by atoms with Crippen molar-refractivity contribution >= 4 is 34.9 Å². The van der Waals surface area contributed by atoms with Crippen molar-refractivity contribution in [2.24, 2.45) is 0 Å². The van der Waals surface area contributed by atoms with Crippen LogP contribution in [0, 0.1) is 0 Å². The third-order valence-electron chi connectivity index (χ3n) is 4.10. The van der Waals surface area contributed by atoms with E-state index < -0.39 is 0 Å². The average molecular weight is 344 g/mol. The second kappa shape index (κ2) is 6.94. The van der Waals surface area contributed by atoms with Gasteiger partial charge in [-0.3, -0.25) is 0 Å². The highest BCUT2D eigenvalue weighted by molar-refractivity contribution is 6.43. The van der Waals surface area contributed by atoms with Crippen LogP contribution in [-0.4, -0.2) is 68.3 Å². The van der Waals surface area contributed by atoms with Crippen LogP contribution in [0.4, 0.5) is 10.5 Å². The maximum absolute atomic E-state index is 12.4. The van der Waals surface area contributed by atoms with Crippen molar-refractivity contribution in [2.75, 3.05) is 57.4 Å². The smallest absolute Gasteiger partial charge is 0.320 e. The molecule has 0 atom stereocenters. The molecule has 0 saturated carbocycles. The van der Waals surface area contributed by atoms with Crippen LogP contribution in [0.3, 0.4) is 0 Å². The zero-order valence-electron chi connectivity index (χ0n) is 12.3. The van der Waals surface area contributed by atoms with Crippen molar-refractivity contribution < 1.29 is 9.53 Å². The Balaban J connectivity index is 1.60. The zero-order chi connectivity index (χ0) is 15.5. The van der Waals surface area contributed by atoms with Crippen LogP contribution in [0.1, 0.15) is 0 Å². The molecule has 1 aromatic carbocycles. The summed E-state index contributed by atoms with van der Waals surface area (Å²) in [5.41, 5.74) is 0.938. The number of amides is 2. The predicted molar refractivity (Wildman–Crippen MR) is 88.0 cm³/mol. The average Bonchev–Trinajstić information content (AvgIpc) is 2.58. The Kier molecular flexibility index (Phi) is 4.96. The van der Waals surface area contributed by atoms with Gasteiger partial charge in [0.05, 0.1) is 28.9 Å². The normalized spacial score (nSPS) is 19.5. The SMILES string of the molecule is O=C(N1CCOCC1)N1CCN(c2cccc(Cl)c2Cl)CC1. The number of carbonyl (C=O) groups is 1. The first-order valence-electron chi connectivity index (χ1n) is 7.47. The van der Waals surface area contributed by atoms with Gasteiger partial charge in [-0.15, -0.1) is 0 Å². The standard InChI is InChI=1S/C15H19Cl2N3O2/c16-12-2-1-3-13(14(12)17)18-4-6-19(7-5-18)15(21)20-8-10-22-11-9-20/h1-3H,4-11H2. The number of halogens is 2. The van der Waals surface area contributed by atoms with Crippen molar-refractivity contribution in [3.63, 3.8) is 0 Å². The van der Waals surface area contributed by atoms with Crippen LogP contribution in [0.25, 0.3) is 0 Å². The van der Waals surface area contributed by atoms with E-state index in [1.54, 1.807) is 6.07 Å². The molecule has 2 fully saturated rings. The Morgan fingerprint density at radius 3 is 2.27 bits per heavy atom. The fourth-order valence-electron chi connectivity index (χ4n) is 2.83. The first-order chi connectivity index (χ1) is 10.7. The van der Waals surface area contributed by atoms with Crippen LogP contribution in [0.15, 0.2) is 18.2 Å². The highest BCUT2D eigenvalue weighted by Crippen LogP contribution is 2.32. The maximum Gasteiger partial charge on any atom is 0.320 e. The van der Waals surface area contributed by atoms with Gasteiger partial charge in [-0.05, 0) is 12.1 Å². The first kappa shape index (κ1) is 15.7. The van der Waals surface area contributed by atoms with Gasteiger partial charge >= 0.3 is 6.03 Å². The van der Waals surface area contributed by atoms with E-state index in [9.17, 15) is 4.79 Å². The highest BCUT2D eigenvalue weighted by Gasteiger charge is 2.27. The molecule has 0 aromatic heterocycles. The lowest BCUT2D eigenvalue weighted by atomic mass is 10.2. The summed E-state index contributed by atoms with van der Waals surface area (Å²) in [5.74, 6) is 0. The summed E-state index contributed by atoms with van der Waals surface area (Å²) in [6, 6.07) is 5.76. The third-order valence-corrected chi connectivity index (χ3v) is 4.91. The summed E-state index contributed by atoms with van der Waals surface area (Å²) in [7, 11) is 0. The van der Waals surface area contributed by atoms with E-state index in [-0.39, 0.29) is 6.03 Å². The van der Waals surface area contributed by atoms with E-state index in [1.165, 1.54) is 0 Å². The number of hydrogen-bond donors (Lipinski definition) is 0. The molecule has 0 radical (unpaired) electrons. The van der Waals surface area contributed by atoms with E-state index in [0.29, 0.717) is 49.4 Å². The number of rotatable bonds is 1. The Morgan fingerprint density at radius 2 is 1.59 bits per heavy atom. The second-order valence-electron chi connectivity index (χ2n) is 5.43. The molecule has 120 valence electrons. The van der Waals surface area contributed by atoms with Gasteiger partial charge in [-0.25, -0.2) is 4.79 Å². The van der Waals surface area contributed by atoms with E-state index in [1.807, 2.05) is 21.9 Å². The van der Waals surface area contributed by atoms with Gasteiger partial charge in [0, 0.05) is 39.3 Å². The van der Waals surface area contributed by atoms with E-state index >= 15 is 0 Å². The molecule has 22 heavy (non-hydrogen) atoms.